The predicted octanol–water partition coefficient (Wildman–Crippen LogP) is 7.28. The third kappa shape index (κ3) is 8.79. The van der Waals surface area contributed by atoms with Crippen molar-refractivity contribution in [2.75, 3.05) is 0 Å². The van der Waals surface area contributed by atoms with Crippen LogP contribution in [-0.2, 0) is 14.0 Å². The molecule has 6 heteroatoms. The fourth-order valence-corrected chi connectivity index (χ4v) is 4.30. The van der Waals surface area contributed by atoms with Crippen molar-refractivity contribution < 1.29 is 18.8 Å². The highest BCUT2D eigenvalue weighted by Gasteiger charge is 2.41. The number of hydrogen-bond acceptors (Lipinski definition) is 4. The lowest BCUT2D eigenvalue weighted by Crippen LogP contribution is -2.47. The van der Waals surface area contributed by atoms with Crippen molar-refractivity contribution in [2.24, 2.45) is 5.92 Å². The van der Waals surface area contributed by atoms with Crippen LogP contribution in [0.2, 0.25) is 18.1 Å². The molecule has 3 atom stereocenters. The number of allylic oxidation sites excluding steroid dienone is 4. The highest BCUT2D eigenvalue weighted by Crippen LogP contribution is 2.38. The van der Waals surface area contributed by atoms with Crippen LogP contribution in [0.5, 0.6) is 0 Å². The van der Waals surface area contributed by atoms with Crippen molar-refractivity contribution in [2.45, 2.75) is 71.9 Å². The molecule has 32 heavy (non-hydrogen) atoms. The molecule has 176 valence electrons. The Hall–Kier alpha value is -1.51. The van der Waals surface area contributed by atoms with Crippen molar-refractivity contribution in [3.05, 3.63) is 69.9 Å². The van der Waals surface area contributed by atoms with Crippen molar-refractivity contribution in [3.63, 3.8) is 0 Å². The summed E-state index contributed by atoms with van der Waals surface area (Å²) in [6.07, 6.45) is 6.63. The van der Waals surface area contributed by atoms with Crippen LogP contribution in [0.4, 0.5) is 0 Å². The van der Waals surface area contributed by atoms with E-state index in [1.54, 1.807) is 31.2 Å². The molecule has 0 aliphatic carbocycles. The quantitative estimate of drug-likeness (QED) is 0.129. The van der Waals surface area contributed by atoms with E-state index in [4.69, 9.17) is 9.16 Å². The summed E-state index contributed by atoms with van der Waals surface area (Å²) in [4.78, 5) is 25.6. The van der Waals surface area contributed by atoms with Gasteiger partial charge in [-0.25, -0.2) is 4.79 Å². The van der Waals surface area contributed by atoms with Gasteiger partial charge in [0, 0.05) is 5.92 Å². The SMILES string of the molecule is CC(/C=C/C=C/I)=C\[C@@H](O[Si](C)(C)C(C)(C)C)[C@@H](C)C(=O)[C@H](C)OC(=O)c1ccccc1. The van der Waals surface area contributed by atoms with Gasteiger partial charge < -0.3 is 9.16 Å². The molecule has 1 rings (SSSR count). The first-order valence-corrected chi connectivity index (χ1v) is 15.0. The van der Waals surface area contributed by atoms with E-state index in [0.717, 1.165) is 5.57 Å². The summed E-state index contributed by atoms with van der Waals surface area (Å²) in [6.45, 7) is 16.4. The first-order chi connectivity index (χ1) is 14.8. The Morgan fingerprint density at radius 1 is 1.06 bits per heavy atom. The molecule has 0 spiro atoms. The minimum atomic E-state index is -2.14. The zero-order valence-electron chi connectivity index (χ0n) is 20.5. The molecule has 0 saturated carbocycles. The summed E-state index contributed by atoms with van der Waals surface area (Å²) in [5.74, 6) is -1.12. The molecule has 4 nitrogen and oxygen atoms in total. The minimum absolute atomic E-state index is 0.000934. The molecule has 0 aromatic heterocycles. The van der Waals surface area contributed by atoms with Crippen molar-refractivity contribution in [1.82, 2.24) is 0 Å². The van der Waals surface area contributed by atoms with Crippen molar-refractivity contribution >= 4 is 42.7 Å². The van der Waals surface area contributed by atoms with E-state index in [9.17, 15) is 9.59 Å². The normalized spacial score (nSPS) is 16.2. The van der Waals surface area contributed by atoms with Crippen molar-refractivity contribution in [3.8, 4) is 0 Å². The number of carbonyl (C=O) groups excluding carboxylic acids is 2. The first kappa shape index (κ1) is 28.5. The van der Waals surface area contributed by atoms with Gasteiger partial charge in [-0.1, -0.05) is 98.4 Å². The van der Waals surface area contributed by atoms with Gasteiger partial charge in [-0.3, -0.25) is 4.79 Å². The number of halogens is 1. The number of ether oxygens (including phenoxy) is 1. The van der Waals surface area contributed by atoms with E-state index in [1.165, 1.54) is 0 Å². The predicted molar refractivity (Wildman–Crippen MR) is 144 cm³/mol. The largest absolute Gasteiger partial charge is 0.451 e. The topological polar surface area (TPSA) is 52.6 Å². The second-order valence-corrected chi connectivity index (χ2v) is 15.0. The molecule has 0 unspecified atom stereocenters. The van der Waals surface area contributed by atoms with Crippen molar-refractivity contribution in [1.29, 1.82) is 0 Å². The van der Waals surface area contributed by atoms with Gasteiger partial charge in [0.15, 0.2) is 20.2 Å². The van der Waals surface area contributed by atoms with Crippen LogP contribution in [-0.4, -0.2) is 32.3 Å². The molecule has 0 amide bonds. The Labute approximate surface area is 208 Å². The maximum atomic E-state index is 13.2. The number of ketones is 1. The lowest BCUT2D eigenvalue weighted by atomic mass is 9.95. The number of rotatable bonds is 10. The molecule has 0 aliphatic heterocycles. The molecule has 0 saturated heterocycles. The molecular weight excluding hydrogens is 531 g/mol. The smallest absolute Gasteiger partial charge is 0.338 e. The summed E-state index contributed by atoms with van der Waals surface area (Å²) >= 11 is 2.17. The summed E-state index contributed by atoms with van der Waals surface area (Å²) in [5.41, 5.74) is 1.44. The zero-order chi connectivity index (χ0) is 24.5. The van der Waals surface area contributed by atoms with Crippen LogP contribution in [0.15, 0.2) is 64.3 Å². The number of esters is 1. The number of benzene rings is 1. The van der Waals surface area contributed by atoms with Gasteiger partial charge in [0.1, 0.15) is 0 Å². The molecule has 0 radical (unpaired) electrons. The molecule has 0 fully saturated rings. The van der Waals surface area contributed by atoms with Gasteiger partial charge in [0.2, 0.25) is 0 Å². The maximum Gasteiger partial charge on any atom is 0.338 e. The molecule has 0 bridgehead atoms. The number of Topliss-reactive ketones (excluding diaryl/α,β-unsaturated/α-hetero) is 1. The molecule has 0 aliphatic rings. The van der Waals surface area contributed by atoms with E-state index in [0.29, 0.717) is 5.56 Å². The van der Waals surface area contributed by atoms with Crippen LogP contribution in [0, 0.1) is 5.92 Å². The average molecular weight is 569 g/mol. The third-order valence-corrected chi connectivity index (χ3v) is 10.7. The Kier molecular flexibility index (Phi) is 11.3. The monoisotopic (exact) mass is 568 g/mol. The van der Waals surface area contributed by atoms with Crippen LogP contribution in [0.1, 0.15) is 51.9 Å². The molecule has 1 aromatic rings. The Bertz CT molecular complexity index is 850. The average Bonchev–Trinajstić information content (AvgIpc) is 2.71. The maximum absolute atomic E-state index is 13.2. The van der Waals surface area contributed by atoms with Gasteiger partial charge in [0.25, 0.3) is 0 Å². The summed E-state index contributed by atoms with van der Waals surface area (Å²) in [5, 5.41) is 0.000934. The van der Waals surface area contributed by atoms with E-state index < -0.39 is 32.4 Å². The standard InChI is InChI=1S/C26H37IO4Si/c1-19(14-12-13-17-27)18-23(31-32(7,8)26(4,5)6)20(2)24(28)21(3)30-25(29)22-15-10-9-11-16-22/h9-18,20-21,23H,1-8H3/b14-12+,17-13+,19-18+/t20-,21+,23-/m1/s1. The fraction of sp³-hybridized carbons (Fsp3) is 0.462. The van der Waals surface area contributed by atoms with E-state index in [1.807, 2.05) is 48.3 Å². The highest BCUT2D eigenvalue weighted by atomic mass is 127. The Balaban J connectivity index is 3.11. The Morgan fingerprint density at radius 3 is 2.19 bits per heavy atom. The summed E-state index contributed by atoms with van der Waals surface area (Å²) in [7, 11) is -2.14. The number of carbonyl (C=O) groups is 2. The molecule has 0 heterocycles. The van der Waals surface area contributed by atoms with Crippen LogP contribution < -0.4 is 0 Å². The summed E-state index contributed by atoms with van der Waals surface area (Å²) in [6, 6.07) is 8.71. The van der Waals surface area contributed by atoms with Gasteiger partial charge in [-0.15, -0.1) is 0 Å². The van der Waals surface area contributed by atoms with E-state index in [2.05, 4.69) is 56.5 Å². The third-order valence-electron chi connectivity index (χ3n) is 5.84. The highest BCUT2D eigenvalue weighted by molar-refractivity contribution is 14.1. The molecule has 0 N–H and O–H groups in total. The van der Waals surface area contributed by atoms with Gasteiger partial charge in [0.05, 0.1) is 11.7 Å². The number of hydrogen-bond donors (Lipinski definition) is 0. The van der Waals surface area contributed by atoms with Crippen LogP contribution in [0.25, 0.3) is 0 Å². The second kappa shape index (κ2) is 12.7. The van der Waals surface area contributed by atoms with Gasteiger partial charge in [-0.05, 0) is 48.2 Å². The van der Waals surface area contributed by atoms with Crippen LogP contribution >= 0.6 is 22.6 Å². The van der Waals surface area contributed by atoms with E-state index >= 15 is 0 Å². The first-order valence-electron chi connectivity index (χ1n) is 10.9. The summed E-state index contributed by atoms with van der Waals surface area (Å²) < 4.78 is 14.1. The minimum Gasteiger partial charge on any atom is -0.451 e. The molecule has 1 aromatic carbocycles. The lowest BCUT2D eigenvalue weighted by molar-refractivity contribution is -0.132. The zero-order valence-corrected chi connectivity index (χ0v) is 23.7. The van der Waals surface area contributed by atoms with Gasteiger partial charge >= 0.3 is 5.97 Å². The second-order valence-electron chi connectivity index (χ2n) is 9.54. The Morgan fingerprint density at radius 2 is 1.66 bits per heavy atom. The molecular formula is C26H37IO4Si. The van der Waals surface area contributed by atoms with Gasteiger partial charge in [-0.2, -0.15) is 0 Å². The lowest BCUT2D eigenvalue weighted by Gasteiger charge is -2.40. The van der Waals surface area contributed by atoms with Crippen LogP contribution in [0.3, 0.4) is 0 Å². The fourth-order valence-electron chi connectivity index (χ4n) is 2.75. The van der Waals surface area contributed by atoms with E-state index in [-0.39, 0.29) is 10.8 Å².